The zero-order valence-corrected chi connectivity index (χ0v) is 18.6. The lowest BCUT2D eigenvalue weighted by Crippen LogP contribution is -2.39. The number of ether oxygens (including phenoxy) is 3. The van der Waals surface area contributed by atoms with Crippen molar-refractivity contribution in [3.05, 3.63) is 59.7 Å². The molecule has 0 amide bonds. The zero-order chi connectivity index (χ0) is 21.7. The van der Waals surface area contributed by atoms with Crippen molar-refractivity contribution in [1.29, 1.82) is 0 Å². The molecule has 3 rings (SSSR count). The first-order chi connectivity index (χ1) is 15.2. The Bertz CT molecular complexity index is 805. The van der Waals surface area contributed by atoms with Gasteiger partial charge in [-0.2, -0.15) is 0 Å². The standard InChI is InChI=1S/C24H34N4O3/c1-20-6-8-22(9-7-20)30-14-10-26-24(25-2)27-19-21-4-3-5-23(18-21)31-17-13-28-11-15-29-16-12-28/h3-9,18H,10-17,19H2,1-2H3,(H2,25,26,27). The van der Waals surface area contributed by atoms with E-state index >= 15 is 0 Å². The highest BCUT2D eigenvalue weighted by Gasteiger charge is 2.09. The summed E-state index contributed by atoms with van der Waals surface area (Å²) >= 11 is 0. The van der Waals surface area contributed by atoms with E-state index in [1.54, 1.807) is 7.05 Å². The van der Waals surface area contributed by atoms with Crippen LogP contribution in [0.15, 0.2) is 53.5 Å². The lowest BCUT2D eigenvalue weighted by Gasteiger charge is -2.26. The van der Waals surface area contributed by atoms with Crippen molar-refractivity contribution in [2.75, 3.05) is 59.7 Å². The first kappa shape index (κ1) is 22.9. The largest absolute Gasteiger partial charge is 0.492 e. The molecule has 0 radical (unpaired) electrons. The monoisotopic (exact) mass is 426 g/mol. The Kier molecular flexibility index (Phi) is 9.47. The highest BCUT2D eigenvalue weighted by molar-refractivity contribution is 5.79. The predicted octanol–water partition coefficient (Wildman–Crippen LogP) is 2.45. The molecule has 31 heavy (non-hydrogen) atoms. The quantitative estimate of drug-likeness (QED) is 0.346. The molecule has 0 aliphatic carbocycles. The fourth-order valence-electron chi connectivity index (χ4n) is 3.24. The van der Waals surface area contributed by atoms with Crippen LogP contribution >= 0.6 is 0 Å². The lowest BCUT2D eigenvalue weighted by molar-refractivity contribution is 0.0322. The maximum absolute atomic E-state index is 5.94. The van der Waals surface area contributed by atoms with E-state index in [0.29, 0.717) is 26.3 Å². The molecule has 0 aromatic heterocycles. The third kappa shape index (κ3) is 8.47. The average Bonchev–Trinajstić information content (AvgIpc) is 2.81. The van der Waals surface area contributed by atoms with E-state index in [-0.39, 0.29) is 0 Å². The van der Waals surface area contributed by atoms with Gasteiger partial charge >= 0.3 is 0 Å². The van der Waals surface area contributed by atoms with Crippen LogP contribution in [0, 0.1) is 6.92 Å². The lowest BCUT2D eigenvalue weighted by atomic mass is 10.2. The van der Waals surface area contributed by atoms with E-state index < -0.39 is 0 Å². The molecular weight excluding hydrogens is 392 g/mol. The van der Waals surface area contributed by atoms with Crippen molar-refractivity contribution >= 4 is 5.96 Å². The van der Waals surface area contributed by atoms with E-state index in [9.17, 15) is 0 Å². The third-order valence-corrected chi connectivity index (χ3v) is 5.05. The topological polar surface area (TPSA) is 67.4 Å². The van der Waals surface area contributed by atoms with Gasteiger partial charge in [0, 0.05) is 33.2 Å². The summed E-state index contributed by atoms with van der Waals surface area (Å²) < 4.78 is 17.1. The summed E-state index contributed by atoms with van der Waals surface area (Å²) in [5.74, 6) is 2.51. The van der Waals surface area contributed by atoms with Gasteiger partial charge in [0.1, 0.15) is 24.7 Å². The van der Waals surface area contributed by atoms with Crippen LogP contribution in [-0.2, 0) is 11.3 Å². The van der Waals surface area contributed by atoms with Gasteiger partial charge in [0.05, 0.1) is 19.8 Å². The van der Waals surface area contributed by atoms with Gasteiger partial charge < -0.3 is 24.8 Å². The Morgan fingerprint density at radius 3 is 2.55 bits per heavy atom. The molecule has 1 aliphatic rings. The summed E-state index contributed by atoms with van der Waals surface area (Å²) in [5, 5.41) is 6.61. The zero-order valence-electron chi connectivity index (χ0n) is 18.6. The van der Waals surface area contributed by atoms with Crippen molar-refractivity contribution in [1.82, 2.24) is 15.5 Å². The molecule has 2 aromatic rings. The van der Waals surface area contributed by atoms with Crippen molar-refractivity contribution in [3.63, 3.8) is 0 Å². The van der Waals surface area contributed by atoms with Crippen LogP contribution in [0.5, 0.6) is 11.5 Å². The summed E-state index contributed by atoms with van der Waals surface area (Å²) in [7, 11) is 1.77. The van der Waals surface area contributed by atoms with Crippen LogP contribution in [-0.4, -0.2) is 70.5 Å². The molecule has 2 N–H and O–H groups in total. The molecular formula is C24H34N4O3. The summed E-state index contributed by atoms with van der Waals surface area (Å²) in [6.45, 7) is 9.16. The van der Waals surface area contributed by atoms with Crippen molar-refractivity contribution < 1.29 is 14.2 Å². The molecule has 0 unspecified atom stereocenters. The van der Waals surface area contributed by atoms with Crippen LogP contribution in [0.2, 0.25) is 0 Å². The van der Waals surface area contributed by atoms with Gasteiger partial charge in [-0.3, -0.25) is 9.89 Å². The Morgan fingerprint density at radius 2 is 1.77 bits per heavy atom. The molecule has 1 fully saturated rings. The Balaban J connectivity index is 1.34. The fourth-order valence-corrected chi connectivity index (χ4v) is 3.24. The SMILES string of the molecule is CN=C(NCCOc1ccc(C)cc1)NCc1cccc(OCCN2CCOCC2)c1. The number of hydrogen-bond acceptors (Lipinski definition) is 5. The summed E-state index contributed by atoms with van der Waals surface area (Å²) in [5.41, 5.74) is 2.37. The van der Waals surface area contributed by atoms with Crippen LogP contribution in [0.3, 0.4) is 0 Å². The molecule has 1 saturated heterocycles. The average molecular weight is 427 g/mol. The number of rotatable bonds is 10. The van der Waals surface area contributed by atoms with E-state index in [2.05, 4.69) is 39.6 Å². The van der Waals surface area contributed by atoms with E-state index in [0.717, 1.165) is 55.9 Å². The second-order valence-corrected chi connectivity index (χ2v) is 7.46. The molecule has 168 valence electrons. The van der Waals surface area contributed by atoms with Gasteiger partial charge in [-0.25, -0.2) is 0 Å². The predicted molar refractivity (Wildman–Crippen MR) is 124 cm³/mol. The molecule has 2 aromatic carbocycles. The van der Waals surface area contributed by atoms with Gasteiger partial charge in [0.25, 0.3) is 0 Å². The van der Waals surface area contributed by atoms with Crippen LogP contribution in [0.1, 0.15) is 11.1 Å². The molecule has 7 heteroatoms. The number of morpholine rings is 1. The molecule has 1 aliphatic heterocycles. The number of hydrogen-bond donors (Lipinski definition) is 2. The maximum atomic E-state index is 5.94. The number of guanidine groups is 1. The maximum Gasteiger partial charge on any atom is 0.191 e. The number of aryl methyl sites for hydroxylation is 1. The second kappa shape index (κ2) is 12.8. The van der Waals surface area contributed by atoms with Crippen molar-refractivity contribution in [3.8, 4) is 11.5 Å². The Morgan fingerprint density at radius 1 is 1.00 bits per heavy atom. The van der Waals surface area contributed by atoms with Gasteiger partial charge in [0.15, 0.2) is 5.96 Å². The first-order valence-corrected chi connectivity index (χ1v) is 10.9. The van der Waals surface area contributed by atoms with Crippen molar-refractivity contribution in [2.45, 2.75) is 13.5 Å². The normalized spacial score (nSPS) is 14.8. The van der Waals surface area contributed by atoms with E-state index in [4.69, 9.17) is 14.2 Å². The summed E-state index contributed by atoms with van der Waals surface area (Å²) in [6.07, 6.45) is 0. The van der Waals surface area contributed by atoms with Gasteiger partial charge in [0.2, 0.25) is 0 Å². The smallest absolute Gasteiger partial charge is 0.191 e. The van der Waals surface area contributed by atoms with E-state index in [1.807, 2.05) is 36.4 Å². The third-order valence-electron chi connectivity index (χ3n) is 5.05. The Labute approximate surface area is 185 Å². The second-order valence-electron chi connectivity index (χ2n) is 7.46. The minimum absolute atomic E-state index is 0.566. The van der Waals surface area contributed by atoms with Gasteiger partial charge in [-0.15, -0.1) is 0 Å². The van der Waals surface area contributed by atoms with E-state index in [1.165, 1.54) is 5.56 Å². The molecule has 0 spiro atoms. The minimum Gasteiger partial charge on any atom is -0.492 e. The highest BCUT2D eigenvalue weighted by Crippen LogP contribution is 2.13. The number of benzene rings is 2. The number of aliphatic imine (C=N–C) groups is 1. The molecule has 1 heterocycles. The molecule has 0 saturated carbocycles. The minimum atomic E-state index is 0.566. The molecule has 0 atom stereocenters. The summed E-state index contributed by atoms with van der Waals surface area (Å²) in [4.78, 5) is 6.64. The van der Waals surface area contributed by atoms with Crippen LogP contribution < -0.4 is 20.1 Å². The number of nitrogens with zero attached hydrogens (tertiary/aromatic N) is 2. The molecule has 0 bridgehead atoms. The summed E-state index contributed by atoms with van der Waals surface area (Å²) in [6, 6.07) is 16.2. The number of nitrogens with one attached hydrogen (secondary N) is 2. The fraction of sp³-hybridized carbons (Fsp3) is 0.458. The van der Waals surface area contributed by atoms with Crippen LogP contribution in [0.25, 0.3) is 0 Å². The van der Waals surface area contributed by atoms with Crippen molar-refractivity contribution in [2.24, 2.45) is 4.99 Å². The Hall–Kier alpha value is -2.77. The van der Waals surface area contributed by atoms with Gasteiger partial charge in [-0.05, 0) is 36.8 Å². The molecule has 7 nitrogen and oxygen atoms in total. The first-order valence-electron chi connectivity index (χ1n) is 10.9. The highest BCUT2D eigenvalue weighted by atomic mass is 16.5. The van der Waals surface area contributed by atoms with Gasteiger partial charge in [-0.1, -0.05) is 29.8 Å². The van der Waals surface area contributed by atoms with Crippen LogP contribution in [0.4, 0.5) is 0 Å².